The minimum atomic E-state index is 1.08. The van der Waals surface area contributed by atoms with Crippen LogP contribution in [0.3, 0.4) is 0 Å². The van der Waals surface area contributed by atoms with Gasteiger partial charge in [-0.15, -0.1) is 0 Å². The van der Waals surface area contributed by atoms with Crippen molar-refractivity contribution in [1.82, 2.24) is 18.3 Å². The summed E-state index contributed by atoms with van der Waals surface area (Å²) in [6.45, 7) is 0. The maximum Gasteiger partial charge on any atom is 0.0541 e. The van der Waals surface area contributed by atoms with Crippen molar-refractivity contribution in [3.05, 3.63) is 328 Å². The third-order valence-electron chi connectivity index (χ3n) is 18.2. The summed E-state index contributed by atoms with van der Waals surface area (Å²) in [6.07, 6.45) is 0. The van der Waals surface area contributed by atoms with Crippen molar-refractivity contribution in [3.8, 4) is 78.4 Å². The summed E-state index contributed by atoms with van der Waals surface area (Å²) in [5.41, 5.74) is 24.9. The normalized spacial score (nSPS) is 11.9. The maximum atomic E-state index is 2.47. The highest BCUT2D eigenvalue weighted by atomic mass is 15.0. The number of fused-ring (bicyclic) bond motifs is 12. The third kappa shape index (κ3) is 7.93. The zero-order valence-corrected chi connectivity index (χ0v) is 48.0. The van der Waals surface area contributed by atoms with Crippen LogP contribution in [0.4, 0.5) is 0 Å². The average Bonchev–Trinajstić information content (AvgIpc) is 2.01. The topological polar surface area (TPSA) is 19.7 Å². The number of rotatable bonds is 9. The Kier molecular flexibility index (Phi) is 11.3. The van der Waals surface area contributed by atoms with Crippen LogP contribution in [-0.2, 0) is 0 Å². The molecule has 4 nitrogen and oxygen atoms in total. The summed E-state index contributed by atoms with van der Waals surface area (Å²) >= 11 is 0. The number of benzene rings is 14. The number of hydrogen-bond acceptors (Lipinski definition) is 0. The van der Waals surface area contributed by atoms with Crippen molar-refractivity contribution >= 4 is 87.2 Å². The van der Waals surface area contributed by atoms with Gasteiger partial charge in [0.2, 0.25) is 0 Å². The molecule has 14 aromatic carbocycles. The molecule has 88 heavy (non-hydrogen) atoms. The first-order chi connectivity index (χ1) is 43.6. The Bertz CT molecular complexity index is 4980. The molecule has 0 fully saturated rings. The molecule has 0 aliphatic rings. The van der Waals surface area contributed by atoms with Gasteiger partial charge in [0.05, 0.1) is 44.1 Å². The molecule has 0 bridgehead atoms. The summed E-state index contributed by atoms with van der Waals surface area (Å²) in [6, 6.07) is 121. The van der Waals surface area contributed by atoms with Crippen LogP contribution in [-0.4, -0.2) is 18.3 Å². The molecule has 0 atom stereocenters. The van der Waals surface area contributed by atoms with Crippen LogP contribution in [0.2, 0.25) is 0 Å². The highest BCUT2D eigenvalue weighted by Gasteiger charge is 2.22. The fourth-order valence-corrected chi connectivity index (χ4v) is 14.4. The Hall–Kier alpha value is -11.7. The number of nitrogens with zero attached hydrogens (tertiary/aromatic N) is 4. The van der Waals surface area contributed by atoms with Crippen molar-refractivity contribution in [3.63, 3.8) is 0 Å². The molecule has 0 radical (unpaired) electrons. The van der Waals surface area contributed by atoms with E-state index >= 15 is 0 Å². The first-order valence-electron chi connectivity index (χ1n) is 30.3. The van der Waals surface area contributed by atoms with Crippen LogP contribution >= 0.6 is 0 Å². The van der Waals surface area contributed by atoms with E-state index in [0.29, 0.717) is 0 Å². The molecule has 0 unspecified atom stereocenters. The average molecular weight is 1120 g/mol. The lowest BCUT2D eigenvalue weighted by atomic mass is 9.89. The van der Waals surface area contributed by atoms with E-state index < -0.39 is 0 Å². The second-order valence-electron chi connectivity index (χ2n) is 23.3. The summed E-state index contributed by atoms with van der Waals surface area (Å²) in [4.78, 5) is 0. The van der Waals surface area contributed by atoms with E-state index in [0.717, 1.165) is 111 Å². The molecule has 18 aromatic rings. The van der Waals surface area contributed by atoms with Gasteiger partial charge in [0.15, 0.2) is 0 Å². The summed E-state index contributed by atoms with van der Waals surface area (Å²) < 4.78 is 9.88. The Balaban J connectivity index is 0.964. The van der Waals surface area contributed by atoms with Gasteiger partial charge in [-0.3, -0.25) is 0 Å². The van der Waals surface area contributed by atoms with Crippen molar-refractivity contribution in [2.75, 3.05) is 0 Å². The molecule has 4 aromatic heterocycles. The molecular formula is C84H54N4. The van der Waals surface area contributed by atoms with E-state index in [1.807, 2.05) is 0 Å². The van der Waals surface area contributed by atoms with Gasteiger partial charge in [-0.1, -0.05) is 206 Å². The predicted octanol–water partition coefficient (Wildman–Crippen LogP) is 22.4. The van der Waals surface area contributed by atoms with E-state index in [1.54, 1.807) is 0 Å². The Morgan fingerprint density at radius 1 is 0.125 bits per heavy atom. The zero-order valence-electron chi connectivity index (χ0n) is 48.0. The summed E-state index contributed by atoms with van der Waals surface area (Å²) in [7, 11) is 0. The first-order valence-corrected chi connectivity index (χ1v) is 30.3. The lowest BCUT2D eigenvalue weighted by Crippen LogP contribution is -2.01. The number of hydrogen-bond donors (Lipinski definition) is 0. The number of aromatic nitrogens is 4. The van der Waals surface area contributed by atoms with Crippen molar-refractivity contribution in [1.29, 1.82) is 0 Å². The molecule has 4 heterocycles. The molecule has 0 amide bonds. The Morgan fingerprint density at radius 3 is 0.489 bits per heavy atom. The minimum absolute atomic E-state index is 1.08. The second kappa shape index (κ2) is 20.0. The van der Waals surface area contributed by atoms with Crippen LogP contribution in [0.15, 0.2) is 328 Å². The van der Waals surface area contributed by atoms with Crippen LogP contribution in [0, 0.1) is 0 Å². The van der Waals surface area contributed by atoms with Crippen molar-refractivity contribution < 1.29 is 0 Å². The summed E-state index contributed by atoms with van der Waals surface area (Å²) in [5, 5.41) is 9.78. The lowest BCUT2D eigenvalue weighted by molar-refractivity contribution is 1.13. The van der Waals surface area contributed by atoms with Crippen LogP contribution in [0.1, 0.15) is 0 Å². The fourth-order valence-electron chi connectivity index (χ4n) is 14.4. The van der Waals surface area contributed by atoms with Gasteiger partial charge in [0, 0.05) is 65.8 Å². The van der Waals surface area contributed by atoms with Gasteiger partial charge in [0.25, 0.3) is 0 Å². The van der Waals surface area contributed by atoms with Crippen LogP contribution in [0.5, 0.6) is 0 Å². The van der Waals surface area contributed by atoms with Gasteiger partial charge in [-0.05, 0) is 177 Å². The van der Waals surface area contributed by atoms with E-state index in [4.69, 9.17) is 0 Å². The predicted molar refractivity (Wildman–Crippen MR) is 371 cm³/mol. The molecular weight excluding hydrogens is 1060 g/mol. The minimum Gasteiger partial charge on any atom is -0.309 e. The molecule has 0 saturated heterocycles. The maximum absolute atomic E-state index is 2.47. The largest absolute Gasteiger partial charge is 0.309 e. The number of para-hydroxylation sites is 8. The Morgan fingerprint density at radius 2 is 0.284 bits per heavy atom. The molecule has 0 spiro atoms. The van der Waals surface area contributed by atoms with Crippen LogP contribution in [0.25, 0.3) is 166 Å². The molecule has 0 N–H and O–H groups in total. The smallest absolute Gasteiger partial charge is 0.0541 e. The van der Waals surface area contributed by atoms with Gasteiger partial charge >= 0.3 is 0 Å². The van der Waals surface area contributed by atoms with Gasteiger partial charge < -0.3 is 18.3 Å². The van der Waals surface area contributed by atoms with E-state index in [9.17, 15) is 0 Å². The molecule has 18 rings (SSSR count). The lowest BCUT2D eigenvalue weighted by Gasteiger charge is -2.19. The quantitative estimate of drug-likeness (QED) is 0.137. The standard InChI is InChI=1S/C84H54N4/c1-3-23-55(24-4-1)57-43-58(56-25-5-2-6-26-56)45-59(44-57)60-46-61(63-49-65(85-77-35-15-7-27-69(77)70-28-8-16-36-78(70)85)53-66(50-63)86-79-37-17-9-29-71(79)72-30-10-18-38-80(72)86)48-62(47-60)64-51-67(87-81-39-19-11-31-73(81)74-32-12-20-40-82(74)87)54-68(52-64)88-83-41-21-13-33-75(83)76-34-14-22-42-84(76)88/h1-54H. The molecule has 0 saturated carbocycles. The zero-order chi connectivity index (χ0) is 57.8. The van der Waals surface area contributed by atoms with Crippen LogP contribution < -0.4 is 0 Å². The molecule has 410 valence electrons. The SMILES string of the molecule is c1ccc(-c2cc(-c3ccccc3)cc(-c3cc(-c4cc(-n5c6ccccc6c6ccccc65)cc(-n5c6ccccc6c6ccccc65)c4)cc(-c4cc(-n5c6ccccc6c6ccccc65)cc(-n5c6ccccc6c6ccccc65)c4)c3)c2)cc1. The summed E-state index contributed by atoms with van der Waals surface area (Å²) in [5.74, 6) is 0. The highest BCUT2D eigenvalue weighted by Crippen LogP contribution is 2.44. The van der Waals surface area contributed by atoms with Gasteiger partial charge in [-0.2, -0.15) is 0 Å². The first kappa shape index (κ1) is 49.7. The van der Waals surface area contributed by atoms with Crippen molar-refractivity contribution in [2.45, 2.75) is 0 Å². The molecule has 4 heteroatoms. The van der Waals surface area contributed by atoms with E-state index in [1.165, 1.54) is 54.2 Å². The van der Waals surface area contributed by atoms with E-state index in [2.05, 4.69) is 346 Å². The van der Waals surface area contributed by atoms with Crippen molar-refractivity contribution in [2.24, 2.45) is 0 Å². The molecule has 0 aliphatic carbocycles. The van der Waals surface area contributed by atoms with Gasteiger partial charge in [-0.25, -0.2) is 0 Å². The molecule has 0 aliphatic heterocycles. The second-order valence-corrected chi connectivity index (χ2v) is 23.3. The monoisotopic (exact) mass is 1120 g/mol. The van der Waals surface area contributed by atoms with E-state index in [-0.39, 0.29) is 0 Å². The fraction of sp³-hybridized carbons (Fsp3) is 0. The van der Waals surface area contributed by atoms with Gasteiger partial charge in [0.1, 0.15) is 0 Å². The third-order valence-corrected chi connectivity index (χ3v) is 18.2. The Labute approximate surface area is 508 Å². The highest BCUT2D eigenvalue weighted by molar-refractivity contribution is 6.13.